The van der Waals surface area contributed by atoms with Crippen LogP contribution in [0, 0.1) is 0 Å². The van der Waals surface area contributed by atoms with Gasteiger partial charge in [0.15, 0.2) is 0 Å². The Morgan fingerprint density at radius 1 is 1.44 bits per heavy atom. The molecule has 3 heteroatoms. The van der Waals surface area contributed by atoms with Gasteiger partial charge in [0, 0.05) is 17.0 Å². The van der Waals surface area contributed by atoms with E-state index in [2.05, 4.69) is 36.7 Å². The second-order valence-electron chi connectivity index (χ2n) is 4.28. The SMILES string of the molecule is COc1cc(C(C)NC2CC2)ccc1SC. The maximum absolute atomic E-state index is 5.40. The normalized spacial score (nSPS) is 17.2. The number of benzene rings is 1. The molecule has 0 heterocycles. The molecule has 0 aliphatic heterocycles. The van der Waals surface area contributed by atoms with Gasteiger partial charge in [-0.1, -0.05) is 6.07 Å². The molecule has 2 rings (SSSR count). The van der Waals surface area contributed by atoms with Crippen LogP contribution in [0.3, 0.4) is 0 Å². The molecule has 1 atom stereocenters. The Kier molecular flexibility index (Phi) is 3.77. The minimum atomic E-state index is 0.414. The van der Waals surface area contributed by atoms with Crippen molar-refractivity contribution in [3.05, 3.63) is 23.8 Å². The van der Waals surface area contributed by atoms with E-state index in [1.165, 1.54) is 23.3 Å². The zero-order chi connectivity index (χ0) is 11.5. The summed E-state index contributed by atoms with van der Waals surface area (Å²) in [6.45, 7) is 2.21. The first-order chi connectivity index (χ1) is 7.74. The van der Waals surface area contributed by atoms with Crippen molar-refractivity contribution in [2.24, 2.45) is 0 Å². The van der Waals surface area contributed by atoms with E-state index in [4.69, 9.17) is 4.74 Å². The number of methoxy groups -OCH3 is 1. The molecule has 16 heavy (non-hydrogen) atoms. The summed E-state index contributed by atoms with van der Waals surface area (Å²) in [5.74, 6) is 0.981. The molecule has 0 bridgehead atoms. The van der Waals surface area contributed by atoms with E-state index in [0.29, 0.717) is 6.04 Å². The molecule has 1 aromatic carbocycles. The molecule has 1 fully saturated rings. The van der Waals surface area contributed by atoms with Gasteiger partial charge in [-0.25, -0.2) is 0 Å². The Labute approximate surface area is 102 Å². The fourth-order valence-corrected chi connectivity index (χ4v) is 2.37. The number of thioether (sulfide) groups is 1. The Balaban J connectivity index is 2.13. The summed E-state index contributed by atoms with van der Waals surface area (Å²) in [7, 11) is 1.73. The molecule has 2 nitrogen and oxygen atoms in total. The highest BCUT2D eigenvalue weighted by Crippen LogP contribution is 2.31. The van der Waals surface area contributed by atoms with Crippen molar-refractivity contribution in [2.45, 2.75) is 36.7 Å². The Hall–Kier alpha value is -0.670. The zero-order valence-electron chi connectivity index (χ0n) is 10.1. The highest BCUT2D eigenvalue weighted by atomic mass is 32.2. The molecule has 1 unspecified atom stereocenters. The molecule has 1 aromatic rings. The van der Waals surface area contributed by atoms with Gasteiger partial charge in [-0.2, -0.15) is 0 Å². The average Bonchev–Trinajstić information content (AvgIpc) is 3.11. The summed E-state index contributed by atoms with van der Waals surface area (Å²) in [6.07, 6.45) is 4.72. The average molecular weight is 237 g/mol. The predicted octanol–water partition coefficient (Wildman–Crippen LogP) is 3.23. The standard InChI is InChI=1S/C13H19NOS/c1-9(14-11-5-6-11)10-4-7-13(16-3)12(8-10)15-2/h4,7-9,11,14H,5-6H2,1-3H3. The fourth-order valence-electron chi connectivity index (χ4n) is 1.82. The monoisotopic (exact) mass is 237 g/mol. The molecule has 0 spiro atoms. The number of rotatable bonds is 5. The number of nitrogens with one attached hydrogen (secondary N) is 1. The lowest BCUT2D eigenvalue weighted by Gasteiger charge is -2.16. The van der Waals surface area contributed by atoms with Gasteiger partial charge in [0.25, 0.3) is 0 Å². The Morgan fingerprint density at radius 3 is 2.75 bits per heavy atom. The topological polar surface area (TPSA) is 21.3 Å². The van der Waals surface area contributed by atoms with Crippen LogP contribution in [0.2, 0.25) is 0 Å². The lowest BCUT2D eigenvalue weighted by molar-refractivity contribution is 0.403. The van der Waals surface area contributed by atoms with E-state index >= 15 is 0 Å². The van der Waals surface area contributed by atoms with Gasteiger partial charge in [-0.15, -0.1) is 11.8 Å². The van der Waals surface area contributed by atoms with Gasteiger partial charge in [0.1, 0.15) is 5.75 Å². The van der Waals surface area contributed by atoms with Crippen LogP contribution < -0.4 is 10.1 Å². The molecule has 1 aliphatic rings. The quantitative estimate of drug-likeness (QED) is 0.794. The number of ether oxygens (including phenoxy) is 1. The van der Waals surface area contributed by atoms with E-state index in [1.54, 1.807) is 18.9 Å². The highest BCUT2D eigenvalue weighted by Gasteiger charge is 2.23. The summed E-state index contributed by atoms with van der Waals surface area (Å²) in [6, 6.07) is 7.63. The second-order valence-corrected chi connectivity index (χ2v) is 5.13. The molecule has 1 saturated carbocycles. The summed E-state index contributed by atoms with van der Waals surface area (Å²) >= 11 is 1.72. The predicted molar refractivity (Wildman–Crippen MR) is 69.3 cm³/mol. The molecular formula is C13H19NOS. The fraction of sp³-hybridized carbons (Fsp3) is 0.538. The van der Waals surface area contributed by atoms with Crippen LogP contribution in [-0.4, -0.2) is 19.4 Å². The molecule has 0 aromatic heterocycles. The maximum Gasteiger partial charge on any atom is 0.132 e. The van der Waals surface area contributed by atoms with Gasteiger partial charge in [0.05, 0.1) is 7.11 Å². The molecule has 0 amide bonds. The van der Waals surface area contributed by atoms with Gasteiger partial charge >= 0.3 is 0 Å². The van der Waals surface area contributed by atoms with Crippen LogP contribution in [0.5, 0.6) is 5.75 Å². The first kappa shape index (κ1) is 11.8. The summed E-state index contributed by atoms with van der Waals surface area (Å²) in [4.78, 5) is 1.20. The first-order valence-electron chi connectivity index (χ1n) is 5.72. The van der Waals surface area contributed by atoms with E-state index < -0.39 is 0 Å². The van der Waals surface area contributed by atoms with Crippen molar-refractivity contribution in [1.29, 1.82) is 0 Å². The van der Waals surface area contributed by atoms with Crippen LogP contribution in [0.1, 0.15) is 31.4 Å². The number of hydrogen-bond donors (Lipinski definition) is 1. The van der Waals surface area contributed by atoms with Gasteiger partial charge in [-0.3, -0.25) is 0 Å². The van der Waals surface area contributed by atoms with Crippen LogP contribution in [0.15, 0.2) is 23.1 Å². The Bertz CT molecular complexity index is 363. The van der Waals surface area contributed by atoms with Crippen molar-refractivity contribution in [3.8, 4) is 5.75 Å². The van der Waals surface area contributed by atoms with Crippen molar-refractivity contribution >= 4 is 11.8 Å². The summed E-state index contributed by atoms with van der Waals surface area (Å²) < 4.78 is 5.40. The van der Waals surface area contributed by atoms with E-state index in [9.17, 15) is 0 Å². The van der Waals surface area contributed by atoms with Crippen LogP contribution >= 0.6 is 11.8 Å². The molecule has 0 saturated heterocycles. The third-order valence-corrected chi connectivity index (χ3v) is 3.75. The minimum absolute atomic E-state index is 0.414. The Morgan fingerprint density at radius 2 is 2.19 bits per heavy atom. The van der Waals surface area contributed by atoms with E-state index in [-0.39, 0.29) is 0 Å². The van der Waals surface area contributed by atoms with Crippen molar-refractivity contribution in [1.82, 2.24) is 5.32 Å². The van der Waals surface area contributed by atoms with E-state index in [1.807, 2.05) is 0 Å². The van der Waals surface area contributed by atoms with Crippen LogP contribution in [0.25, 0.3) is 0 Å². The smallest absolute Gasteiger partial charge is 0.132 e. The number of hydrogen-bond acceptors (Lipinski definition) is 3. The van der Waals surface area contributed by atoms with Gasteiger partial charge in [-0.05, 0) is 43.7 Å². The van der Waals surface area contributed by atoms with Crippen molar-refractivity contribution in [3.63, 3.8) is 0 Å². The van der Waals surface area contributed by atoms with Crippen LogP contribution in [-0.2, 0) is 0 Å². The molecule has 1 aliphatic carbocycles. The largest absolute Gasteiger partial charge is 0.496 e. The zero-order valence-corrected chi connectivity index (χ0v) is 10.9. The van der Waals surface area contributed by atoms with Crippen molar-refractivity contribution < 1.29 is 4.74 Å². The molecule has 1 N–H and O–H groups in total. The molecule has 88 valence electrons. The molecular weight excluding hydrogens is 218 g/mol. The lowest BCUT2D eigenvalue weighted by atomic mass is 10.1. The third kappa shape index (κ3) is 2.71. The second kappa shape index (κ2) is 5.11. The summed E-state index contributed by atoms with van der Waals surface area (Å²) in [5, 5.41) is 3.60. The lowest BCUT2D eigenvalue weighted by Crippen LogP contribution is -2.20. The highest BCUT2D eigenvalue weighted by molar-refractivity contribution is 7.98. The maximum atomic E-state index is 5.40. The molecule has 0 radical (unpaired) electrons. The third-order valence-electron chi connectivity index (χ3n) is 2.97. The summed E-state index contributed by atoms with van der Waals surface area (Å²) in [5.41, 5.74) is 1.31. The van der Waals surface area contributed by atoms with E-state index in [0.717, 1.165) is 11.8 Å². The first-order valence-corrected chi connectivity index (χ1v) is 6.95. The minimum Gasteiger partial charge on any atom is -0.496 e. The van der Waals surface area contributed by atoms with Gasteiger partial charge < -0.3 is 10.1 Å². The van der Waals surface area contributed by atoms with Gasteiger partial charge in [0.2, 0.25) is 0 Å². The van der Waals surface area contributed by atoms with Crippen molar-refractivity contribution in [2.75, 3.05) is 13.4 Å². The van der Waals surface area contributed by atoms with Crippen LogP contribution in [0.4, 0.5) is 0 Å².